The lowest BCUT2D eigenvalue weighted by Crippen LogP contribution is -1.98. The first-order valence-electron chi connectivity index (χ1n) is 19.8. The molecule has 2 nitrogen and oxygen atoms in total. The van der Waals surface area contributed by atoms with Gasteiger partial charge in [-0.2, -0.15) is 0 Å². The normalized spacial score (nSPS) is 11.4. The average molecular weight is 737 g/mol. The van der Waals surface area contributed by atoms with Crippen molar-refractivity contribution in [1.82, 2.24) is 9.97 Å². The van der Waals surface area contributed by atoms with E-state index in [1.807, 2.05) is 6.07 Å². The zero-order chi connectivity index (χ0) is 38.4. The van der Waals surface area contributed by atoms with Gasteiger partial charge in [-0.15, -0.1) is 0 Å². The molecular weight excluding hydrogens is 701 g/mol. The van der Waals surface area contributed by atoms with Crippen molar-refractivity contribution in [3.8, 4) is 67.3 Å². The highest BCUT2D eigenvalue weighted by Crippen LogP contribution is 2.47. The van der Waals surface area contributed by atoms with Crippen molar-refractivity contribution < 1.29 is 0 Å². The van der Waals surface area contributed by atoms with Crippen LogP contribution in [0.2, 0.25) is 0 Å². The quantitative estimate of drug-likeness (QED) is 0.159. The van der Waals surface area contributed by atoms with Gasteiger partial charge >= 0.3 is 0 Å². The minimum atomic E-state index is 0.696. The summed E-state index contributed by atoms with van der Waals surface area (Å²) in [5.74, 6) is 0.696. The van der Waals surface area contributed by atoms with E-state index in [0.29, 0.717) is 5.82 Å². The number of hydrogen-bond acceptors (Lipinski definition) is 2. The molecule has 0 radical (unpaired) electrons. The molecule has 0 amide bonds. The molecule has 270 valence electrons. The van der Waals surface area contributed by atoms with Gasteiger partial charge in [-0.1, -0.05) is 212 Å². The summed E-state index contributed by atoms with van der Waals surface area (Å²) >= 11 is 0. The topological polar surface area (TPSA) is 25.8 Å². The van der Waals surface area contributed by atoms with E-state index in [2.05, 4.69) is 212 Å². The van der Waals surface area contributed by atoms with E-state index in [4.69, 9.17) is 9.97 Å². The Balaban J connectivity index is 1.19. The maximum absolute atomic E-state index is 5.37. The first-order valence-corrected chi connectivity index (χ1v) is 19.8. The highest BCUT2D eigenvalue weighted by Gasteiger charge is 2.21. The molecule has 0 saturated carbocycles. The summed E-state index contributed by atoms with van der Waals surface area (Å²) in [5.41, 5.74) is 12.1. The SMILES string of the molecule is c1ccc(-c2nc(-c3c(-c4ccccc4)ccc4ccccc34)cc(-c3ccc(-c4c5ccccc5c(-c5ccccc5)c5ccccc45)c4ccccc34)n2)cc1. The third-order valence-corrected chi connectivity index (χ3v) is 11.5. The maximum Gasteiger partial charge on any atom is 0.160 e. The molecule has 0 aliphatic rings. The van der Waals surface area contributed by atoms with Gasteiger partial charge in [0.2, 0.25) is 0 Å². The molecule has 11 aromatic rings. The zero-order valence-electron chi connectivity index (χ0n) is 31.7. The Kier molecular flexibility index (Phi) is 8.19. The third kappa shape index (κ3) is 5.66. The molecule has 1 aromatic heterocycles. The van der Waals surface area contributed by atoms with Crippen molar-refractivity contribution in [2.75, 3.05) is 0 Å². The summed E-state index contributed by atoms with van der Waals surface area (Å²) < 4.78 is 0. The average Bonchev–Trinajstić information content (AvgIpc) is 3.31. The van der Waals surface area contributed by atoms with Gasteiger partial charge in [-0.25, -0.2) is 9.97 Å². The molecule has 0 aliphatic carbocycles. The van der Waals surface area contributed by atoms with E-state index in [1.165, 1.54) is 54.6 Å². The van der Waals surface area contributed by atoms with Crippen molar-refractivity contribution in [1.29, 1.82) is 0 Å². The van der Waals surface area contributed by atoms with Crippen LogP contribution in [-0.2, 0) is 0 Å². The van der Waals surface area contributed by atoms with Crippen LogP contribution in [0.25, 0.3) is 110 Å². The van der Waals surface area contributed by atoms with Gasteiger partial charge in [0.05, 0.1) is 11.4 Å². The Hall–Kier alpha value is -7.68. The van der Waals surface area contributed by atoms with Gasteiger partial charge in [-0.05, 0) is 82.5 Å². The molecule has 0 spiro atoms. The van der Waals surface area contributed by atoms with Crippen molar-refractivity contribution in [3.05, 3.63) is 218 Å². The molecule has 2 heteroatoms. The molecule has 1 heterocycles. The molecule has 0 aliphatic heterocycles. The lowest BCUT2D eigenvalue weighted by molar-refractivity contribution is 1.19. The van der Waals surface area contributed by atoms with Gasteiger partial charge in [0.15, 0.2) is 5.82 Å². The number of aromatic nitrogens is 2. The van der Waals surface area contributed by atoms with Crippen molar-refractivity contribution in [2.24, 2.45) is 0 Å². The Labute approximate surface area is 337 Å². The van der Waals surface area contributed by atoms with Gasteiger partial charge in [-0.3, -0.25) is 0 Å². The summed E-state index contributed by atoms with van der Waals surface area (Å²) in [6.45, 7) is 0. The lowest BCUT2D eigenvalue weighted by atomic mass is 9.84. The minimum Gasteiger partial charge on any atom is -0.228 e. The van der Waals surface area contributed by atoms with Crippen LogP contribution in [0.3, 0.4) is 0 Å². The van der Waals surface area contributed by atoms with E-state index < -0.39 is 0 Å². The smallest absolute Gasteiger partial charge is 0.160 e. The van der Waals surface area contributed by atoms with E-state index in [9.17, 15) is 0 Å². The molecule has 58 heavy (non-hydrogen) atoms. The first-order chi connectivity index (χ1) is 28.8. The molecule has 0 fully saturated rings. The van der Waals surface area contributed by atoms with Gasteiger partial charge in [0, 0.05) is 16.7 Å². The minimum absolute atomic E-state index is 0.696. The standard InChI is InChI=1S/C56H36N2/c1-4-18-37(19-5-1)42-33-32-38-20-10-11-25-41(38)55(42)52-36-51(57-56(58-52)40-23-8-3-9-24-40)45-34-35-50(44-27-13-12-26-43(44)45)54-48-30-16-14-28-46(48)53(39-21-6-2-7-22-39)47-29-15-17-31-49(47)54/h1-36H. The predicted molar refractivity (Wildman–Crippen MR) is 245 cm³/mol. The first kappa shape index (κ1) is 33.6. The Bertz CT molecular complexity index is 3260. The van der Waals surface area contributed by atoms with E-state index in [0.717, 1.165) is 50.0 Å². The highest BCUT2D eigenvalue weighted by atomic mass is 14.9. The fourth-order valence-electron chi connectivity index (χ4n) is 8.91. The molecule has 0 N–H and O–H groups in total. The summed E-state index contributed by atoms with van der Waals surface area (Å²) in [5, 5.41) is 9.61. The lowest BCUT2D eigenvalue weighted by Gasteiger charge is -2.20. The van der Waals surface area contributed by atoms with Crippen LogP contribution < -0.4 is 0 Å². The number of benzene rings is 10. The second-order valence-electron chi connectivity index (χ2n) is 14.8. The van der Waals surface area contributed by atoms with Gasteiger partial charge in [0.1, 0.15) is 0 Å². The van der Waals surface area contributed by atoms with Crippen LogP contribution in [0.4, 0.5) is 0 Å². The third-order valence-electron chi connectivity index (χ3n) is 11.5. The summed E-state index contributed by atoms with van der Waals surface area (Å²) in [6.07, 6.45) is 0. The second kappa shape index (κ2) is 14.1. The summed E-state index contributed by atoms with van der Waals surface area (Å²) in [4.78, 5) is 10.7. The van der Waals surface area contributed by atoms with Crippen LogP contribution >= 0.6 is 0 Å². The molecule has 0 unspecified atom stereocenters. The van der Waals surface area contributed by atoms with Crippen LogP contribution in [-0.4, -0.2) is 9.97 Å². The Morgan fingerprint density at radius 2 is 0.672 bits per heavy atom. The summed E-state index contributed by atoms with van der Waals surface area (Å²) in [7, 11) is 0. The van der Waals surface area contributed by atoms with E-state index in [-0.39, 0.29) is 0 Å². The predicted octanol–water partition coefficient (Wildman–Crippen LogP) is 15.1. The fourth-order valence-corrected chi connectivity index (χ4v) is 8.91. The number of rotatable bonds is 6. The Morgan fingerprint density at radius 3 is 1.29 bits per heavy atom. The van der Waals surface area contributed by atoms with Gasteiger partial charge < -0.3 is 0 Å². The fraction of sp³-hybridized carbons (Fsp3) is 0. The number of fused-ring (bicyclic) bond motifs is 4. The molecular formula is C56H36N2. The molecule has 0 bridgehead atoms. The van der Waals surface area contributed by atoms with Crippen LogP contribution in [0.15, 0.2) is 218 Å². The Morgan fingerprint density at radius 1 is 0.241 bits per heavy atom. The monoisotopic (exact) mass is 736 g/mol. The van der Waals surface area contributed by atoms with Crippen LogP contribution in [0, 0.1) is 0 Å². The number of hydrogen-bond donors (Lipinski definition) is 0. The number of nitrogens with zero attached hydrogens (tertiary/aromatic N) is 2. The zero-order valence-corrected chi connectivity index (χ0v) is 31.7. The van der Waals surface area contributed by atoms with Crippen molar-refractivity contribution in [3.63, 3.8) is 0 Å². The van der Waals surface area contributed by atoms with E-state index >= 15 is 0 Å². The summed E-state index contributed by atoms with van der Waals surface area (Å²) in [6, 6.07) is 78.2. The molecule has 0 atom stereocenters. The highest BCUT2D eigenvalue weighted by molar-refractivity contribution is 6.24. The van der Waals surface area contributed by atoms with Gasteiger partial charge in [0.25, 0.3) is 0 Å². The van der Waals surface area contributed by atoms with Crippen molar-refractivity contribution in [2.45, 2.75) is 0 Å². The maximum atomic E-state index is 5.37. The van der Waals surface area contributed by atoms with Crippen LogP contribution in [0.5, 0.6) is 0 Å². The largest absolute Gasteiger partial charge is 0.228 e. The van der Waals surface area contributed by atoms with Crippen LogP contribution in [0.1, 0.15) is 0 Å². The molecule has 0 saturated heterocycles. The van der Waals surface area contributed by atoms with E-state index in [1.54, 1.807) is 0 Å². The molecule has 10 aromatic carbocycles. The second-order valence-corrected chi connectivity index (χ2v) is 14.8. The molecule has 11 rings (SSSR count). The van der Waals surface area contributed by atoms with Crippen molar-refractivity contribution >= 4 is 43.1 Å².